The summed E-state index contributed by atoms with van der Waals surface area (Å²) in [7, 11) is 0. The quantitative estimate of drug-likeness (QED) is 0.577. The summed E-state index contributed by atoms with van der Waals surface area (Å²) in [5.41, 5.74) is 0. The predicted octanol–water partition coefficient (Wildman–Crippen LogP) is -0.266. The Balaban J connectivity index is 2.05. The Morgan fingerprint density at radius 2 is 2.25 bits per heavy atom. The summed E-state index contributed by atoms with van der Waals surface area (Å²) < 4.78 is 4.47. The minimum atomic E-state index is -0.881. The van der Waals surface area contributed by atoms with Gasteiger partial charge in [0.25, 0.3) is 0 Å². The van der Waals surface area contributed by atoms with E-state index < -0.39 is 12.0 Å². The van der Waals surface area contributed by atoms with Gasteiger partial charge in [-0.2, -0.15) is 4.98 Å². The zero-order valence-corrected chi connectivity index (χ0v) is 8.47. The number of hydrogen-bond acceptors (Lipinski definition) is 5. The highest BCUT2D eigenvalue weighted by Gasteiger charge is 2.03. The number of carboxylic acids is 1. The number of carboxylic acid groups (broad SMARTS) is 1. The molecular weight excluding hydrogens is 216 g/mol. The van der Waals surface area contributed by atoms with E-state index in [2.05, 4.69) is 25.3 Å². The molecule has 1 rings (SSSR count). The van der Waals surface area contributed by atoms with Crippen molar-refractivity contribution in [1.82, 2.24) is 20.8 Å². The average molecular weight is 228 g/mol. The summed E-state index contributed by atoms with van der Waals surface area (Å²) in [5, 5.41) is 16.8. The highest BCUT2D eigenvalue weighted by atomic mass is 16.5. The van der Waals surface area contributed by atoms with E-state index in [1.165, 1.54) is 6.39 Å². The largest absolute Gasteiger partial charge is 0.481 e. The Labute approximate surface area is 91.0 Å². The summed E-state index contributed by atoms with van der Waals surface area (Å²) >= 11 is 0. The maximum Gasteiger partial charge on any atom is 0.315 e. The van der Waals surface area contributed by atoms with Crippen LogP contribution in [0.15, 0.2) is 10.9 Å². The second-order valence-electron chi connectivity index (χ2n) is 2.95. The van der Waals surface area contributed by atoms with Crippen LogP contribution in [-0.2, 0) is 11.3 Å². The van der Waals surface area contributed by atoms with Crippen LogP contribution in [0.4, 0.5) is 4.79 Å². The molecular formula is C8H12N4O4. The van der Waals surface area contributed by atoms with Crippen molar-refractivity contribution >= 4 is 12.0 Å². The average Bonchev–Trinajstić information content (AvgIpc) is 2.74. The number of rotatable bonds is 6. The van der Waals surface area contributed by atoms with Crippen molar-refractivity contribution in [1.29, 1.82) is 0 Å². The van der Waals surface area contributed by atoms with Crippen LogP contribution in [0.2, 0.25) is 0 Å². The lowest BCUT2D eigenvalue weighted by atomic mass is 10.3. The molecule has 0 unspecified atom stereocenters. The summed E-state index contributed by atoms with van der Waals surface area (Å²) in [6, 6.07) is -0.393. The molecule has 0 atom stereocenters. The Morgan fingerprint density at radius 1 is 1.44 bits per heavy atom. The van der Waals surface area contributed by atoms with Gasteiger partial charge in [0, 0.05) is 13.0 Å². The third kappa shape index (κ3) is 4.94. The first kappa shape index (κ1) is 12.0. The standard InChI is InChI=1S/C8H12N4O4/c13-7(14)2-1-3-9-8(15)10-4-6-11-5-16-12-6/h5H,1-4H2,(H,13,14)(H2,9,10,15). The van der Waals surface area contributed by atoms with Crippen molar-refractivity contribution in [3.63, 3.8) is 0 Å². The summed E-state index contributed by atoms with van der Waals surface area (Å²) in [5.74, 6) is -0.505. The maximum absolute atomic E-state index is 11.1. The van der Waals surface area contributed by atoms with Gasteiger partial charge in [0.1, 0.15) is 0 Å². The van der Waals surface area contributed by atoms with Crippen LogP contribution >= 0.6 is 0 Å². The molecule has 0 bridgehead atoms. The molecule has 0 fully saturated rings. The van der Waals surface area contributed by atoms with E-state index >= 15 is 0 Å². The molecule has 0 saturated carbocycles. The van der Waals surface area contributed by atoms with Crippen LogP contribution in [0.5, 0.6) is 0 Å². The number of nitrogens with one attached hydrogen (secondary N) is 2. The molecule has 0 aliphatic rings. The van der Waals surface area contributed by atoms with Crippen molar-refractivity contribution in [2.24, 2.45) is 0 Å². The van der Waals surface area contributed by atoms with Crippen LogP contribution in [0, 0.1) is 0 Å². The molecule has 0 aliphatic carbocycles. The second-order valence-corrected chi connectivity index (χ2v) is 2.95. The number of aliphatic carboxylic acids is 1. The Kier molecular flexibility index (Phi) is 4.77. The first-order valence-corrected chi connectivity index (χ1v) is 4.67. The lowest BCUT2D eigenvalue weighted by Crippen LogP contribution is -2.35. The van der Waals surface area contributed by atoms with Crippen molar-refractivity contribution in [3.05, 3.63) is 12.2 Å². The molecule has 3 N–H and O–H groups in total. The van der Waals surface area contributed by atoms with Crippen LogP contribution < -0.4 is 10.6 Å². The first-order valence-electron chi connectivity index (χ1n) is 4.67. The van der Waals surface area contributed by atoms with Gasteiger partial charge in [-0.15, -0.1) is 0 Å². The van der Waals surface area contributed by atoms with Gasteiger partial charge in [-0.1, -0.05) is 5.16 Å². The molecule has 0 aromatic carbocycles. The lowest BCUT2D eigenvalue weighted by Gasteiger charge is -2.04. The van der Waals surface area contributed by atoms with Crippen molar-refractivity contribution in [2.45, 2.75) is 19.4 Å². The van der Waals surface area contributed by atoms with Crippen molar-refractivity contribution in [2.75, 3.05) is 6.54 Å². The number of nitrogens with zero attached hydrogens (tertiary/aromatic N) is 2. The molecule has 0 spiro atoms. The third-order valence-electron chi connectivity index (χ3n) is 1.67. The Hall–Kier alpha value is -2.12. The smallest absolute Gasteiger partial charge is 0.315 e. The van der Waals surface area contributed by atoms with Gasteiger partial charge in [0.2, 0.25) is 6.39 Å². The fraction of sp³-hybridized carbons (Fsp3) is 0.500. The van der Waals surface area contributed by atoms with E-state index in [-0.39, 0.29) is 13.0 Å². The fourth-order valence-corrected chi connectivity index (χ4v) is 0.934. The monoisotopic (exact) mass is 228 g/mol. The summed E-state index contributed by atoms with van der Waals surface area (Å²) in [6.07, 6.45) is 1.60. The second kappa shape index (κ2) is 6.38. The van der Waals surface area contributed by atoms with Crippen LogP contribution in [-0.4, -0.2) is 33.8 Å². The molecule has 0 saturated heterocycles. The van der Waals surface area contributed by atoms with Gasteiger partial charge in [-0.25, -0.2) is 4.79 Å². The molecule has 8 heteroatoms. The number of carbonyl (C=O) groups is 2. The van der Waals surface area contributed by atoms with E-state index in [1.54, 1.807) is 0 Å². The van der Waals surface area contributed by atoms with Crippen molar-refractivity contribution < 1.29 is 19.2 Å². The molecule has 88 valence electrons. The van der Waals surface area contributed by atoms with Gasteiger partial charge in [-0.3, -0.25) is 4.79 Å². The maximum atomic E-state index is 11.1. The van der Waals surface area contributed by atoms with Gasteiger partial charge >= 0.3 is 12.0 Å². The molecule has 8 nitrogen and oxygen atoms in total. The van der Waals surface area contributed by atoms with Gasteiger partial charge in [0.15, 0.2) is 5.82 Å². The van der Waals surface area contributed by atoms with E-state index in [9.17, 15) is 9.59 Å². The minimum absolute atomic E-state index is 0.0329. The number of urea groups is 1. The van der Waals surface area contributed by atoms with Gasteiger partial charge < -0.3 is 20.3 Å². The van der Waals surface area contributed by atoms with Gasteiger partial charge in [-0.05, 0) is 6.42 Å². The third-order valence-corrected chi connectivity index (χ3v) is 1.67. The van der Waals surface area contributed by atoms with Crippen LogP contribution in [0.3, 0.4) is 0 Å². The first-order chi connectivity index (χ1) is 7.68. The molecule has 1 heterocycles. The summed E-state index contributed by atoms with van der Waals surface area (Å²) in [6.45, 7) is 0.478. The van der Waals surface area contributed by atoms with Crippen LogP contribution in [0.1, 0.15) is 18.7 Å². The normalized spacial score (nSPS) is 9.75. The van der Waals surface area contributed by atoms with E-state index in [0.29, 0.717) is 18.8 Å². The summed E-state index contributed by atoms with van der Waals surface area (Å²) in [4.78, 5) is 25.0. The number of aromatic nitrogens is 2. The zero-order valence-electron chi connectivity index (χ0n) is 8.47. The highest BCUT2D eigenvalue weighted by molar-refractivity contribution is 5.73. The van der Waals surface area contributed by atoms with E-state index in [4.69, 9.17) is 5.11 Å². The minimum Gasteiger partial charge on any atom is -0.481 e. The molecule has 0 radical (unpaired) electrons. The van der Waals surface area contributed by atoms with Crippen LogP contribution in [0.25, 0.3) is 0 Å². The predicted molar refractivity (Wildman–Crippen MR) is 51.4 cm³/mol. The number of hydrogen-bond donors (Lipinski definition) is 3. The molecule has 0 aliphatic heterocycles. The Morgan fingerprint density at radius 3 is 2.88 bits per heavy atom. The molecule has 16 heavy (non-hydrogen) atoms. The number of carbonyl (C=O) groups excluding carboxylic acids is 1. The molecule has 1 aromatic rings. The molecule has 2 amide bonds. The topological polar surface area (TPSA) is 117 Å². The lowest BCUT2D eigenvalue weighted by molar-refractivity contribution is -0.137. The molecule has 1 aromatic heterocycles. The van der Waals surface area contributed by atoms with Crippen molar-refractivity contribution in [3.8, 4) is 0 Å². The highest BCUT2D eigenvalue weighted by Crippen LogP contribution is 1.87. The zero-order chi connectivity index (χ0) is 11.8. The SMILES string of the molecule is O=C(O)CCCNC(=O)NCc1ncon1. The van der Waals surface area contributed by atoms with E-state index in [0.717, 1.165) is 0 Å². The Bertz CT molecular complexity index is 338. The van der Waals surface area contributed by atoms with E-state index in [1.807, 2.05) is 0 Å². The van der Waals surface area contributed by atoms with Gasteiger partial charge in [0.05, 0.1) is 6.54 Å². The number of amides is 2. The fourth-order valence-electron chi connectivity index (χ4n) is 0.934.